The van der Waals surface area contributed by atoms with Crippen molar-refractivity contribution in [2.45, 2.75) is 64.1 Å². The van der Waals surface area contributed by atoms with Crippen molar-refractivity contribution in [3.05, 3.63) is 0 Å². The normalized spacial score (nSPS) is 21.8. The zero-order valence-corrected chi connectivity index (χ0v) is 13.4. The molecule has 21 heavy (non-hydrogen) atoms. The van der Waals surface area contributed by atoms with Gasteiger partial charge < -0.3 is 14.6 Å². The monoisotopic (exact) mass is 301 g/mol. The Morgan fingerprint density at radius 3 is 2.33 bits per heavy atom. The van der Waals surface area contributed by atoms with Crippen LogP contribution in [0.25, 0.3) is 0 Å². The van der Waals surface area contributed by atoms with Crippen molar-refractivity contribution in [1.29, 1.82) is 0 Å². The van der Waals surface area contributed by atoms with Crippen LogP contribution in [0.4, 0.5) is 0 Å². The number of nitrogens with zero attached hydrogens (tertiary/aromatic N) is 1. The Bertz CT molecular complexity index is 349. The van der Waals surface area contributed by atoms with Gasteiger partial charge in [0.25, 0.3) is 6.47 Å². The maximum Gasteiger partial charge on any atom is 0.309 e. The van der Waals surface area contributed by atoms with E-state index in [0.717, 1.165) is 0 Å². The molecular weight excluding hydrogens is 274 g/mol. The maximum absolute atomic E-state index is 11.5. The van der Waals surface area contributed by atoms with E-state index < -0.39 is 0 Å². The van der Waals surface area contributed by atoms with E-state index in [1.807, 2.05) is 0 Å². The lowest BCUT2D eigenvalue weighted by atomic mass is 9.78. The zero-order valence-electron chi connectivity index (χ0n) is 13.4. The van der Waals surface area contributed by atoms with E-state index in [-0.39, 0.29) is 36.2 Å². The molecule has 1 saturated heterocycles. The average molecular weight is 301 g/mol. The zero-order chi connectivity index (χ0) is 16.1. The quantitative estimate of drug-likeness (QED) is 0.431. The molecule has 1 heterocycles. The van der Waals surface area contributed by atoms with Gasteiger partial charge in [-0.1, -0.05) is 0 Å². The van der Waals surface area contributed by atoms with Crippen molar-refractivity contribution in [2.24, 2.45) is 0 Å². The summed E-state index contributed by atoms with van der Waals surface area (Å²) in [6.07, 6.45) is 1.19. The molecule has 122 valence electrons. The third kappa shape index (κ3) is 5.28. The van der Waals surface area contributed by atoms with E-state index in [4.69, 9.17) is 4.74 Å². The van der Waals surface area contributed by atoms with Gasteiger partial charge in [-0.3, -0.25) is 14.5 Å². The van der Waals surface area contributed by atoms with Crippen LogP contribution in [0, 0.1) is 0 Å². The number of esters is 1. The lowest BCUT2D eigenvalue weighted by Crippen LogP contribution is -2.62. The van der Waals surface area contributed by atoms with Gasteiger partial charge in [0.1, 0.15) is 13.2 Å². The smallest absolute Gasteiger partial charge is 0.309 e. The van der Waals surface area contributed by atoms with E-state index in [2.05, 4.69) is 37.3 Å². The molecule has 1 rings (SSSR count). The summed E-state index contributed by atoms with van der Waals surface area (Å²) in [7, 11) is 0. The Kier molecular flexibility index (Phi) is 6.16. The first kappa shape index (κ1) is 17.9. The number of likely N-dealkylation sites (tertiary alicyclic amines) is 1. The molecule has 0 aromatic carbocycles. The topological polar surface area (TPSA) is 76.1 Å². The molecule has 0 amide bonds. The van der Waals surface area contributed by atoms with Gasteiger partial charge in [0.15, 0.2) is 0 Å². The number of rotatable bonds is 7. The number of carbonyl (C=O) groups is 2. The van der Waals surface area contributed by atoms with Gasteiger partial charge in [0.05, 0.1) is 12.5 Å². The Labute approximate surface area is 126 Å². The number of piperidine rings is 1. The Hall–Kier alpha value is -1.14. The lowest BCUT2D eigenvalue weighted by Gasteiger charge is -2.54. The van der Waals surface area contributed by atoms with E-state index in [0.29, 0.717) is 32.5 Å². The van der Waals surface area contributed by atoms with Crippen molar-refractivity contribution >= 4 is 12.4 Å². The molecule has 1 aliphatic heterocycles. The van der Waals surface area contributed by atoms with Gasteiger partial charge in [-0.2, -0.15) is 0 Å². The van der Waals surface area contributed by atoms with Gasteiger partial charge in [-0.15, -0.1) is 0 Å². The molecule has 1 fully saturated rings. The molecule has 0 bridgehead atoms. The fourth-order valence-corrected chi connectivity index (χ4v) is 3.38. The van der Waals surface area contributed by atoms with Crippen molar-refractivity contribution in [3.8, 4) is 0 Å². The SMILES string of the molecule is CC1(C)CC(O)CC(C)(C)N1CCOC(=O)CCOC=O. The molecule has 0 saturated carbocycles. The standard InChI is InChI=1S/C15H27NO5/c1-14(2)9-12(18)10-15(3,4)16(14)6-8-21-13(19)5-7-20-11-17/h11-12,18H,5-10H2,1-4H3. The predicted molar refractivity (Wildman–Crippen MR) is 77.7 cm³/mol. The van der Waals surface area contributed by atoms with Crippen LogP contribution in [-0.4, -0.2) is 59.4 Å². The summed E-state index contributed by atoms with van der Waals surface area (Å²) in [5.74, 6) is -0.371. The fourth-order valence-electron chi connectivity index (χ4n) is 3.38. The lowest BCUT2D eigenvalue weighted by molar-refractivity contribution is -0.149. The van der Waals surface area contributed by atoms with Crippen molar-refractivity contribution in [3.63, 3.8) is 0 Å². The minimum atomic E-state index is -0.371. The minimum Gasteiger partial charge on any atom is -0.467 e. The Morgan fingerprint density at radius 2 is 1.81 bits per heavy atom. The first-order chi connectivity index (χ1) is 9.69. The van der Waals surface area contributed by atoms with Gasteiger partial charge in [-0.25, -0.2) is 0 Å². The second-order valence-electron chi connectivity index (χ2n) is 6.78. The van der Waals surface area contributed by atoms with Crippen LogP contribution < -0.4 is 0 Å². The molecule has 6 heteroatoms. The predicted octanol–water partition coefficient (Wildman–Crippen LogP) is 1.11. The van der Waals surface area contributed by atoms with Crippen molar-refractivity contribution in [1.82, 2.24) is 4.90 Å². The molecule has 1 N–H and O–H groups in total. The summed E-state index contributed by atoms with van der Waals surface area (Å²) >= 11 is 0. The first-order valence-electron chi connectivity index (χ1n) is 7.36. The van der Waals surface area contributed by atoms with Crippen LogP contribution in [0.5, 0.6) is 0 Å². The van der Waals surface area contributed by atoms with Crippen LogP contribution in [-0.2, 0) is 19.1 Å². The first-order valence-corrected chi connectivity index (χ1v) is 7.36. The number of carbonyl (C=O) groups excluding carboxylic acids is 2. The summed E-state index contributed by atoms with van der Waals surface area (Å²) in [6, 6.07) is 0. The van der Waals surface area contributed by atoms with E-state index >= 15 is 0 Å². The highest BCUT2D eigenvalue weighted by Crippen LogP contribution is 2.37. The highest BCUT2D eigenvalue weighted by atomic mass is 16.5. The number of ether oxygens (including phenoxy) is 2. The van der Waals surface area contributed by atoms with Crippen LogP contribution in [0.15, 0.2) is 0 Å². The molecule has 0 radical (unpaired) electrons. The second kappa shape index (κ2) is 7.22. The maximum atomic E-state index is 11.5. The third-order valence-corrected chi connectivity index (χ3v) is 4.00. The molecular formula is C15H27NO5. The average Bonchev–Trinajstić information content (AvgIpc) is 2.31. The molecule has 0 aromatic heterocycles. The van der Waals surface area contributed by atoms with E-state index in [1.165, 1.54) is 0 Å². The van der Waals surface area contributed by atoms with Crippen LogP contribution in [0.2, 0.25) is 0 Å². The van der Waals surface area contributed by atoms with Gasteiger partial charge in [0.2, 0.25) is 0 Å². The Morgan fingerprint density at radius 1 is 1.24 bits per heavy atom. The third-order valence-electron chi connectivity index (χ3n) is 4.00. The number of aliphatic hydroxyl groups is 1. The van der Waals surface area contributed by atoms with Gasteiger partial charge >= 0.3 is 5.97 Å². The van der Waals surface area contributed by atoms with E-state index in [9.17, 15) is 14.7 Å². The highest BCUT2D eigenvalue weighted by molar-refractivity contribution is 5.69. The van der Waals surface area contributed by atoms with Gasteiger partial charge in [0, 0.05) is 17.6 Å². The molecule has 0 aromatic rings. The second-order valence-corrected chi connectivity index (χ2v) is 6.78. The molecule has 0 atom stereocenters. The van der Waals surface area contributed by atoms with Crippen LogP contribution in [0.3, 0.4) is 0 Å². The summed E-state index contributed by atoms with van der Waals surface area (Å²) in [5, 5.41) is 9.98. The minimum absolute atomic E-state index is 0.0508. The summed E-state index contributed by atoms with van der Waals surface area (Å²) < 4.78 is 9.62. The molecule has 0 unspecified atom stereocenters. The van der Waals surface area contributed by atoms with E-state index in [1.54, 1.807) is 0 Å². The molecule has 6 nitrogen and oxygen atoms in total. The molecule has 0 aliphatic carbocycles. The largest absolute Gasteiger partial charge is 0.467 e. The molecule has 1 aliphatic rings. The fraction of sp³-hybridized carbons (Fsp3) is 0.867. The number of hydrogen-bond acceptors (Lipinski definition) is 6. The highest BCUT2D eigenvalue weighted by Gasteiger charge is 2.44. The number of aliphatic hydroxyl groups excluding tert-OH is 1. The summed E-state index contributed by atoms with van der Waals surface area (Å²) in [5.41, 5.74) is -0.289. The van der Waals surface area contributed by atoms with Crippen molar-refractivity contribution in [2.75, 3.05) is 19.8 Å². The molecule has 0 spiro atoms. The summed E-state index contributed by atoms with van der Waals surface area (Å²) in [6.45, 7) is 9.66. The van der Waals surface area contributed by atoms with Crippen molar-refractivity contribution < 1.29 is 24.2 Å². The van der Waals surface area contributed by atoms with Gasteiger partial charge in [-0.05, 0) is 40.5 Å². The van der Waals surface area contributed by atoms with Crippen LogP contribution in [0.1, 0.15) is 47.0 Å². The summed E-state index contributed by atoms with van der Waals surface area (Å²) in [4.78, 5) is 23.7. The number of hydrogen-bond donors (Lipinski definition) is 1. The Balaban J connectivity index is 2.45. The van der Waals surface area contributed by atoms with Crippen LogP contribution >= 0.6 is 0 Å².